The molecule has 2 aromatic rings. The van der Waals surface area contributed by atoms with Gasteiger partial charge in [-0.1, -0.05) is 60.7 Å². The van der Waals surface area contributed by atoms with Gasteiger partial charge in [0.25, 0.3) is 0 Å². The van der Waals surface area contributed by atoms with E-state index in [1.165, 1.54) is 7.11 Å². The average Bonchev–Trinajstić information content (AvgIpc) is 3.15. The Morgan fingerprint density at radius 1 is 1.13 bits per heavy atom. The highest BCUT2D eigenvalue weighted by Gasteiger charge is 2.48. The van der Waals surface area contributed by atoms with E-state index in [4.69, 9.17) is 4.74 Å². The third-order valence-corrected chi connectivity index (χ3v) is 4.92. The molecule has 1 aliphatic heterocycles. The van der Waals surface area contributed by atoms with Crippen LogP contribution in [0.15, 0.2) is 60.7 Å². The lowest BCUT2D eigenvalue weighted by Crippen LogP contribution is -2.46. The number of hydrogen-bond donors (Lipinski definition) is 1. The Morgan fingerprint density at radius 2 is 1.78 bits per heavy atom. The molecule has 0 aromatic heterocycles. The van der Waals surface area contributed by atoms with E-state index in [1.54, 1.807) is 0 Å². The minimum absolute atomic E-state index is 0.138. The molecule has 1 N–H and O–H groups in total. The molecule has 0 amide bonds. The number of nitrogens with one attached hydrogen (secondary N) is 1. The van der Waals surface area contributed by atoms with Gasteiger partial charge in [0.1, 0.15) is 5.41 Å². The lowest BCUT2D eigenvalue weighted by molar-refractivity contribution is -0.150. The zero-order valence-electron chi connectivity index (χ0n) is 13.5. The Balaban J connectivity index is 2.11. The van der Waals surface area contributed by atoms with Gasteiger partial charge in [0.15, 0.2) is 0 Å². The summed E-state index contributed by atoms with van der Waals surface area (Å²) < 4.78 is 5.29. The van der Waals surface area contributed by atoms with E-state index in [9.17, 15) is 4.79 Å². The van der Waals surface area contributed by atoms with Crippen LogP contribution in [-0.4, -0.2) is 26.2 Å². The lowest BCUT2D eigenvalue weighted by Gasteiger charge is -2.37. The van der Waals surface area contributed by atoms with Gasteiger partial charge in [0, 0.05) is 0 Å². The summed E-state index contributed by atoms with van der Waals surface area (Å²) in [5.41, 5.74) is 1.57. The van der Waals surface area contributed by atoms with Gasteiger partial charge in [-0.2, -0.15) is 0 Å². The Hall–Kier alpha value is -2.13. The monoisotopic (exact) mass is 309 g/mol. The number of methoxy groups -OCH3 is 1. The largest absolute Gasteiger partial charge is 0.468 e. The van der Waals surface area contributed by atoms with Crippen LogP contribution in [0.5, 0.6) is 0 Å². The van der Waals surface area contributed by atoms with Crippen LogP contribution < -0.4 is 5.32 Å². The summed E-state index contributed by atoms with van der Waals surface area (Å²) in [5, 5.41) is 3.40. The number of carbonyl (C=O) groups excluding carboxylic acids is 1. The minimum Gasteiger partial charge on any atom is -0.468 e. The summed E-state index contributed by atoms with van der Waals surface area (Å²) in [7, 11) is 1.49. The second-order valence-corrected chi connectivity index (χ2v) is 6.18. The van der Waals surface area contributed by atoms with Crippen molar-refractivity contribution >= 4 is 5.97 Å². The van der Waals surface area contributed by atoms with E-state index in [-0.39, 0.29) is 11.9 Å². The van der Waals surface area contributed by atoms with Gasteiger partial charge in [-0.3, -0.25) is 4.79 Å². The van der Waals surface area contributed by atoms with Gasteiger partial charge in [0.05, 0.1) is 7.11 Å². The maximum atomic E-state index is 13.0. The quantitative estimate of drug-likeness (QED) is 0.863. The number of hydrogen-bond acceptors (Lipinski definition) is 3. The van der Waals surface area contributed by atoms with E-state index in [0.717, 1.165) is 30.6 Å². The molecule has 0 saturated carbocycles. The Labute approximate surface area is 137 Å². The van der Waals surface area contributed by atoms with Crippen LogP contribution in [0.3, 0.4) is 0 Å². The maximum absolute atomic E-state index is 13.0. The van der Waals surface area contributed by atoms with E-state index in [0.29, 0.717) is 6.42 Å². The van der Waals surface area contributed by atoms with Crippen molar-refractivity contribution in [3.05, 3.63) is 71.8 Å². The third kappa shape index (κ3) is 3.02. The molecular weight excluding hydrogens is 286 g/mol. The smallest absolute Gasteiger partial charge is 0.316 e. The van der Waals surface area contributed by atoms with Crippen molar-refractivity contribution in [2.75, 3.05) is 20.2 Å². The normalized spacial score (nSPS) is 20.0. The molecule has 2 aromatic carbocycles. The number of ether oxygens (including phenoxy) is 1. The fraction of sp³-hybridized carbons (Fsp3) is 0.350. The van der Waals surface area contributed by atoms with Crippen molar-refractivity contribution in [1.29, 1.82) is 0 Å². The molecule has 3 heteroatoms. The minimum atomic E-state index is -0.638. The van der Waals surface area contributed by atoms with Crippen LogP contribution in [0.4, 0.5) is 0 Å². The molecule has 23 heavy (non-hydrogen) atoms. The molecule has 1 saturated heterocycles. The number of benzene rings is 2. The van der Waals surface area contributed by atoms with Crippen molar-refractivity contribution in [1.82, 2.24) is 5.32 Å². The predicted octanol–water partition coefficient (Wildman–Crippen LogP) is 2.95. The van der Waals surface area contributed by atoms with E-state index in [2.05, 4.69) is 29.6 Å². The number of esters is 1. The highest BCUT2D eigenvalue weighted by Crippen LogP contribution is 2.40. The zero-order valence-corrected chi connectivity index (χ0v) is 13.5. The number of carbonyl (C=O) groups is 1. The molecule has 1 fully saturated rings. The highest BCUT2D eigenvalue weighted by molar-refractivity contribution is 5.84. The highest BCUT2D eigenvalue weighted by atomic mass is 16.5. The fourth-order valence-corrected chi connectivity index (χ4v) is 3.75. The molecule has 0 bridgehead atoms. The van der Waals surface area contributed by atoms with Gasteiger partial charge >= 0.3 is 5.97 Å². The van der Waals surface area contributed by atoms with Crippen LogP contribution in [0.2, 0.25) is 0 Å². The van der Waals surface area contributed by atoms with Crippen molar-refractivity contribution in [3.8, 4) is 0 Å². The summed E-state index contributed by atoms with van der Waals surface area (Å²) in [6, 6.07) is 20.3. The topological polar surface area (TPSA) is 38.3 Å². The van der Waals surface area contributed by atoms with Gasteiger partial charge in [0.2, 0.25) is 0 Å². The molecule has 0 radical (unpaired) electrons. The predicted molar refractivity (Wildman–Crippen MR) is 91.3 cm³/mol. The van der Waals surface area contributed by atoms with Crippen molar-refractivity contribution in [2.24, 2.45) is 5.92 Å². The Morgan fingerprint density at radius 3 is 2.35 bits per heavy atom. The van der Waals surface area contributed by atoms with Gasteiger partial charge in [-0.25, -0.2) is 0 Å². The van der Waals surface area contributed by atoms with Gasteiger partial charge < -0.3 is 10.1 Å². The molecule has 3 nitrogen and oxygen atoms in total. The molecule has 120 valence electrons. The van der Waals surface area contributed by atoms with Crippen LogP contribution in [0.25, 0.3) is 0 Å². The second kappa shape index (κ2) is 6.97. The van der Waals surface area contributed by atoms with Gasteiger partial charge in [-0.15, -0.1) is 0 Å². The summed E-state index contributed by atoms with van der Waals surface area (Å²) >= 11 is 0. The third-order valence-electron chi connectivity index (χ3n) is 4.92. The molecule has 0 spiro atoms. The zero-order chi connectivity index (χ0) is 16.1. The molecule has 1 aliphatic rings. The molecule has 1 heterocycles. The van der Waals surface area contributed by atoms with E-state index < -0.39 is 5.41 Å². The van der Waals surface area contributed by atoms with Gasteiger partial charge in [-0.05, 0) is 43.0 Å². The van der Waals surface area contributed by atoms with E-state index >= 15 is 0 Å². The fourth-order valence-electron chi connectivity index (χ4n) is 3.75. The molecular formula is C20H23NO2. The first kappa shape index (κ1) is 15.8. The first-order valence-electron chi connectivity index (χ1n) is 8.16. The van der Waals surface area contributed by atoms with E-state index in [1.807, 2.05) is 36.4 Å². The lowest BCUT2D eigenvalue weighted by atomic mass is 9.66. The maximum Gasteiger partial charge on any atom is 0.316 e. The molecule has 2 atom stereocenters. The summed E-state index contributed by atoms with van der Waals surface area (Å²) in [4.78, 5) is 13.0. The summed E-state index contributed by atoms with van der Waals surface area (Å²) in [6.07, 6.45) is 1.65. The summed E-state index contributed by atoms with van der Waals surface area (Å²) in [6.45, 7) is 1.79. The molecule has 3 rings (SSSR count). The van der Waals surface area contributed by atoms with Crippen molar-refractivity contribution < 1.29 is 9.53 Å². The first-order valence-corrected chi connectivity index (χ1v) is 8.16. The van der Waals surface area contributed by atoms with Crippen LogP contribution in [0, 0.1) is 5.92 Å². The Kier molecular flexibility index (Phi) is 4.77. The van der Waals surface area contributed by atoms with Crippen LogP contribution in [-0.2, 0) is 21.4 Å². The Bertz CT molecular complexity index is 635. The standard InChI is InChI=1S/C20H23NO2/c1-23-19(22)20(18-12-13-21-15-18,17-10-6-3-7-11-17)14-16-8-4-2-5-9-16/h2-11,18,21H,12-15H2,1H3. The van der Waals surface area contributed by atoms with Crippen LogP contribution in [0.1, 0.15) is 17.5 Å². The average molecular weight is 309 g/mol. The van der Waals surface area contributed by atoms with Crippen molar-refractivity contribution in [3.63, 3.8) is 0 Å². The van der Waals surface area contributed by atoms with Crippen LogP contribution >= 0.6 is 0 Å². The molecule has 2 unspecified atom stereocenters. The molecule has 0 aliphatic carbocycles. The number of rotatable bonds is 5. The van der Waals surface area contributed by atoms with Crippen molar-refractivity contribution in [2.45, 2.75) is 18.3 Å². The first-order chi connectivity index (χ1) is 11.3. The second-order valence-electron chi connectivity index (χ2n) is 6.18. The summed E-state index contributed by atoms with van der Waals surface area (Å²) in [5.74, 6) is 0.0961. The SMILES string of the molecule is COC(=O)C(Cc1ccccc1)(c1ccccc1)C1CCNC1.